The van der Waals surface area contributed by atoms with Crippen LogP contribution in [0.3, 0.4) is 0 Å². The van der Waals surface area contributed by atoms with Crippen molar-refractivity contribution in [2.75, 3.05) is 35.2 Å². The molecule has 0 bridgehead atoms. The summed E-state index contributed by atoms with van der Waals surface area (Å²) in [7, 11) is 0. The third-order valence-electron chi connectivity index (χ3n) is 4.54. The van der Waals surface area contributed by atoms with Crippen molar-refractivity contribution in [1.29, 1.82) is 0 Å². The molecule has 2 N–H and O–H groups in total. The quantitative estimate of drug-likeness (QED) is 0.720. The molecule has 1 saturated heterocycles. The molecule has 0 unspecified atom stereocenters. The van der Waals surface area contributed by atoms with E-state index in [0.717, 1.165) is 18.8 Å². The summed E-state index contributed by atoms with van der Waals surface area (Å²) < 4.78 is 5.74. The molecule has 5 heteroatoms. The zero-order chi connectivity index (χ0) is 19.1. The maximum absolute atomic E-state index is 12.3. The number of carbonyl (C=O) groups excluding carboxylic acids is 1. The second-order valence-corrected chi connectivity index (χ2v) is 7.13. The van der Waals surface area contributed by atoms with Crippen LogP contribution in [0.2, 0.25) is 0 Å². The van der Waals surface area contributed by atoms with Gasteiger partial charge in [0.05, 0.1) is 11.8 Å². The first kappa shape index (κ1) is 19.1. The third-order valence-corrected chi connectivity index (χ3v) is 4.54. The molecule has 0 saturated carbocycles. The molecule has 27 heavy (non-hydrogen) atoms. The van der Waals surface area contributed by atoms with Crippen LogP contribution in [0, 0.1) is 0 Å². The monoisotopic (exact) mass is 367 g/mol. The maximum Gasteiger partial charge on any atom is 0.226 e. The number of hydrogen-bond acceptors (Lipinski definition) is 4. The summed E-state index contributed by atoms with van der Waals surface area (Å²) in [6.07, 6.45) is 3.01. The van der Waals surface area contributed by atoms with Gasteiger partial charge in [0, 0.05) is 37.4 Å². The Morgan fingerprint density at radius 2 is 1.78 bits per heavy atom. The fourth-order valence-corrected chi connectivity index (χ4v) is 3.23. The molecule has 0 spiro atoms. The molecular formula is C22H29N3O2. The van der Waals surface area contributed by atoms with Gasteiger partial charge >= 0.3 is 0 Å². The number of anilines is 3. The lowest BCUT2D eigenvalue weighted by Crippen LogP contribution is -2.18. The van der Waals surface area contributed by atoms with Crippen LogP contribution in [0.5, 0.6) is 5.75 Å². The van der Waals surface area contributed by atoms with Gasteiger partial charge < -0.3 is 20.3 Å². The average Bonchev–Trinajstić information content (AvgIpc) is 3.18. The summed E-state index contributed by atoms with van der Waals surface area (Å²) in [5.41, 5.74) is 3.03. The number of ether oxygens (including phenoxy) is 1. The Hall–Kier alpha value is -2.69. The molecule has 5 nitrogen and oxygen atoms in total. The van der Waals surface area contributed by atoms with Crippen molar-refractivity contribution >= 4 is 23.0 Å². The summed E-state index contributed by atoms with van der Waals surface area (Å²) >= 11 is 0. The highest BCUT2D eigenvalue weighted by molar-refractivity contribution is 5.92. The molecule has 0 aliphatic carbocycles. The van der Waals surface area contributed by atoms with E-state index < -0.39 is 0 Å². The molecule has 1 fully saturated rings. The van der Waals surface area contributed by atoms with Crippen LogP contribution in [-0.2, 0) is 4.79 Å². The second-order valence-electron chi connectivity index (χ2n) is 7.13. The number of benzene rings is 2. The molecule has 144 valence electrons. The van der Waals surface area contributed by atoms with Crippen molar-refractivity contribution in [2.24, 2.45) is 0 Å². The van der Waals surface area contributed by atoms with Gasteiger partial charge in [-0.25, -0.2) is 0 Å². The fourth-order valence-electron chi connectivity index (χ4n) is 3.23. The minimum atomic E-state index is -0.0315. The van der Waals surface area contributed by atoms with Crippen LogP contribution in [0.4, 0.5) is 17.1 Å². The number of rotatable bonds is 8. The predicted octanol–water partition coefficient (Wildman–Crippen LogP) is 4.51. The van der Waals surface area contributed by atoms with Crippen LogP contribution in [0.25, 0.3) is 0 Å². The molecule has 1 amide bonds. The topological polar surface area (TPSA) is 53.6 Å². The van der Waals surface area contributed by atoms with Crippen LogP contribution in [0.15, 0.2) is 48.5 Å². The van der Waals surface area contributed by atoms with Gasteiger partial charge in [-0.3, -0.25) is 4.79 Å². The molecule has 2 aromatic rings. The normalized spacial score (nSPS) is 13.7. The van der Waals surface area contributed by atoms with Gasteiger partial charge in [-0.2, -0.15) is 0 Å². The van der Waals surface area contributed by atoms with Gasteiger partial charge in [-0.15, -0.1) is 0 Å². The Labute approximate surface area is 161 Å². The van der Waals surface area contributed by atoms with Gasteiger partial charge in [0.15, 0.2) is 0 Å². The minimum absolute atomic E-state index is 0.0315. The van der Waals surface area contributed by atoms with Gasteiger partial charge in [-0.05, 0) is 63.1 Å². The molecular weight excluding hydrogens is 338 g/mol. The molecule has 0 radical (unpaired) electrons. The average molecular weight is 367 g/mol. The first-order valence-electron chi connectivity index (χ1n) is 9.76. The first-order chi connectivity index (χ1) is 13.1. The lowest BCUT2D eigenvalue weighted by Gasteiger charge is -2.18. The van der Waals surface area contributed by atoms with E-state index >= 15 is 0 Å². The summed E-state index contributed by atoms with van der Waals surface area (Å²) in [4.78, 5) is 14.7. The Morgan fingerprint density at radius 1 is 1.07 bits per heavy atom. The largest absolute Gasteiger partial charge is 0.489 e. The molecule has 1 aliphatic rings. The van der Waals surface area contributed by atoms with Crippen molar-refractivity contribution in [3.63, 3.8) is 0 Å². The van der Waals surface area contributed by atoms with Gasteiger partial charge in [0.25, 0.3) is 0 Å². The number of para-hydroxylation sites is 2. The molecule has 1 aliphatic heterocycles. The highest BCUT2D eigenvalue weighted by atomic mass is 16.5. The summed E-state index contributed by atoms with van der Waals surface area (Å²) in [6.45, 7) is 6.82. The van der Waals surface area contributed by atoms with E-state index in [9.17, 15) is 4.79 Å². The van der Waals surface area contributed by atoms with Gasteiger partial charge in [0.2, 0.25) is 5.91 Å². The third kappa shape index (κ3) is 5.64. The Balaban J connectivity index is 1.46. The second kappa shape index (κ2) is 9.31. The van der Waals surface area contributed by atoms with Crippen molar-refractivity contribution in [1.82, 2.24) is 0 Å². The zero-order valence-electron chi connectivity index (χ0n) is 16.2. The Morgan fingerprint density at radius 3 is 2.48 bits per heavy atom. The Kier molecular flexibility index (Phi) is 6.58. The minimum Gasteiger partial charge on any atom is -0.489 e. The van der Waals surface area contributed by atoms with Gasteiger partial charge in [0.1, 0.15) is 5.75 Å². The summed E-state index contributed by atoms with van der Waals surface area (Å²) in [5.74, 6) is 0.669. The van der Waals surface area contributed by atoms with Crippen molar-refractivity contribution in [2.45, 2.75) is 39.2 Å². The number of carbonyl (C=O) groups is 1. The molecule has 2 aromatic carbocycles. The SMILES string of the molecule is CC(C)Oc1ccccc1NC(=O)CCNc1ccc(N2CCCC2)cc1. The van der Waals surface area contributed by atoms with E-state index in [2.05, 4.69) is 39.8 Å². The summed E-state index contributed by atoms with van der Waals surface area (Å²) in [6, 6.07) is 16.0. The highest BCUT2D eigenvalue weighted by Crippen LogP contribution is 2.25. The van der Waals surface area contributed by atoms with Gasteiger partial charge in [-0.1, -0.05) is 12.1 Å². The van der Waals surface area contributed by atoms with Crippen molar-refractivity contribution < 1.29 is 9.53 Å². The standard InChI is InChI=1S/C22H29N3O2/c1-17(2)27-21-8-4-3-7-20(21)24-22(26)13-14-23-18-9-11-19(12-10-18)25-15-5-6-16-25/h3-4,7-12,17,23H,5-6,13-16H2,1-2H3,(H,24,26). The number of nitrogens with one attached hydrogen (secondary N) is 2. The van der Waals surface area contributed by atoms with Crippen LogP contribution in [0.1, 0.15) is 33.1 Å². The first-order valence-corrected chi connectivity index (χ1v) is 9.76. The van der Waals surface area contributed by atoms with E-state index in [1.165, 1.54) is 18.5 Å². The highest BCUT2D eigenvalue weighted by Gasteiger charge is 2.12. The predicted molar refractivity (Wildman–Crippen MR) is 112 cm³/mol. The van der Waals surface area contributed by atoms with E-state index in [0.29, 0.717) is 24.4 Å². The van der Waals surface area contributed by atoms with Crippen molar-refractivity contribution in [3.8, 4) is 5.75 Å². The van der Waals surface area contributed by atoms with E-state index in [1.54, 1.807) is 0 Å². The number of nitrogens with zero attached hydrogens (tertiary/aromatic N) is 1. The van der Waals surface area contributed by atoms with Crippen LogP contribution >= 0.6 is 0 Å². The fraction of sp³-hybridized carbons (Fsp3) is 0.409. The zero-order valence-corrected chi connectivity index (χ0v) is 16.2. The number of amides is 1. The maximum atomic E-state index is 12.3. The lowest BCUT2D eigenvalue weighted by atomic mass is 10.2. The molecule has 0 atom stereocenters. The lowest BCUT2D eigenvalue weighted by molar-refractivity contribution is -0.116. The molecule has 1 heterocycles. The smallest absolute Gasteiger partial charge is 0.226 e. The van der Waals surface area contributed by atoms with Crippen LogP contribution in [-0.4, -0.2) is 31.6 Å². The molecule has 3 rings (SSSR count). The van der Waals surface area contributed by atoms with Crippen molar-refractivity contribution in [3.05, 3.63) is 48.5 Å². The van der Waals surface area contributed by atoms with E-state index in [-0.39, 0.29) is 12.0 Å². The number of hydrogen-bond donors (Lipinski definition) is 2. The Bertz CT molecular complexity index is 737. The van der Waals surface area contributed by atoms with Crippen LogP contribution < -0.4 is 20.3 Å². The summed E-state index contributed by atoms with van der Waals surface area (Å²) in [5, 5.41) is 6.25. The molecule has 0 aromatic heterocycles. The van der Waals surface area contributed by atoms with E-state index in [4.69, 9.17) is 4.74 Å². The van der Waals surface area contributed by atoms with E-state index in [1.807, 2.05) is 38.1 Å².